The molecule has 0 saturated heterocycles. The lowest BCUT2D eigenvalue weighted by molar-refractivity contribution is -0.114. The van der Waals surface area contributed by atoms with Crippen LogP contribution in [-0.2, 0) is 4.79 Å². The van der Waals surface area contributed by atoms with Crippen molar-refractivity contribution in [2.24, 2.45) is 0 Å². The van der Waals surface area contributed by atoms with Crippen LogP contribution in [0.4, 0.5) is 5.69 Å². The number of halogens is 1. The molecule has 0 aromatic heterocycles. The Kier molecular flexibility index (Phi) is 2.35. The predicted molar refractivity (Wildman–Crippen MR) is 57.5 cm³/mol. The zero-order chi connectivity index (χ0) is 12.3. The van der Waals surface area contributed by atoms with Crippen molar-refractivity contribution in [2.75, 3.05) is 11.5 Å². The minimum atomic E-state index is -2.10. The van der Waals surface area contributed by atoms with Gasteiger partial charge in [-0.25, -0.2) is 0 Å². The molecule has 0 aliphatic carbocycles. The molecule has 1 aromatic rings. The van der Waals surface area contributed by atoms with E-state index in [1.807, 2.05) is 0 Å². The van der Waals surface area contributed by atoms with E-state index in [0.29, 0.717) is 15.6 Å². The highest BCUT2D eigenvalue weighted by Crippen LogP contribution is 2.26. The number of amides is 1. The molecule has 1 N–H and O–H groups in total. The Morgan fingerprint density at radius 2 is 2.46 bits per heavy atom. The lowest BCUT2D eigenvalue weighted by Gasteiger charge is -2.05. The molecule has 4 heteroatoms. The van der Waals surface area contributed by atoms with Gasteiger partial charge in [0.15, 0.2) is 0 Å². The number of benzene rings is 1. The molecule has 0 fully saturated rings. The number of rotatable bonds is 2. The highest BCUT2D eigenvalue weighted by molar-refractivity contribution is 7.98. The molecule has 1 rings (SSSR count). The van der Waals surface area contributed by atoms with Crippen molar-refractivity contribution in [3.05, 3.63) is 23.2 Å². The molecule has 0 radical (unpaired) electrons. The molecule has 0 aliphatic heterocycles. The minimum Gasteiger partial charge on any atom is -0.325 e. The maximum Gasteiger partial charge on any atom is 0.221 e. The van der Waals surface area contributed by atoms with E-state index in [0.717, 1.165) is 11.8 Å². The smallest absolute Gasteiger partial charge is 0.221 e. The van der Waals surface area contributed by atoms with E-state index in [-0.39, 0.29) is 5.91 Å². The summed E-state index contributed by atoms with van der Waals surface area (Å²) in [6, 6.07) is 4.70. The summed E-state index contributed by atoms with van der Waals surface area (Å²) in [6.07, 6.45) is -2.10. The second-order valence-electron chi connectivity index (χ2n) is 2.42. The van der Waals surface area contributed by atoms with E-state index in [1.54, 1.807) is 12.1 Å². The molecule has 0 bridgehead atoms. The van der Waals surface area contributed by atoms with Crippen LogP contribution in [0.5, 0.6) is 0 Å². The van der Waals surface area contributed by atoms with Gasteiger partial charge in [-0.05, 0) is 24.4 Å². The Balaban J connectivity index is 2.87. The largest absolute Gasteiger partial charge is 0.325 e. The van der Waals surface area contributed by atoms with Crippen LogP contribution in [0.3, 0.4) is 0 Å². The summed E-state index contributed by atoms with van der Waals surface area (Å²) in [5.74, 6) is -0.224. The summed E-state index contributed by atoms with van der Waals surface area (Å²) < 4.78 is 21.3. The lowest BCUT2D eigenvalue weighted by Crippen LogP contribution is -2.05. The summed E-state index contributed by atoms with van der Waals surface area (Å²) >= 11 is 6.64. The molecule has 0 heterocycles. The molecule has 0 unspecified atom stereocenters. The maximum atomic E-state index is 10.8. The van der Waals surface area contributed by atoms with Gasteiger partial charge in [-0.3, -0.25) is 4.79 Å². The van der Waals surface area contributed by atoms with Crippen molar-refractivity contribution in [1.82, 2.24) is 0 Å². The van der Waals surface area contributed by atoms with Crippen molar-refractivity contribution in [2.45, 2.75) is 11.8 Å². The molecule has 70 valence electrons. The van der Waals surface area contributed by atoms with Crippen LogP contribution in [0.25, 0.3) is 0 Å². The van der Waals surface area contributed by atoms with Gasteiger partial charge in [-0.2, -0.15) is 0 Å². The van der Waals surface area contributed by atoms with Crippen molar-refractivity contribution in [3.63, 3.8) is 0 Å². The van der Waals surface area contributed by atoms with E-state index in [4.69, 9.17) is 15.7 Å². The van der Waals surface area contributed by atoms with Gasteiger partial charge in [0.25, 0.3) is 0 Å². The van der Waals surface area contributed by atoms with Crippen molar-refractivity contribution >= 4 is 35.0 Å². The fourth-order valence-electron chi connectivity index (χ4n) is 0.850. The maximum absolute atomic E-state index is 10.8. The van der Waals surface area contributed by atoms with E-state index >= 15 is 0 Å². The summed E-state index contributed by atoms with van der Waals surface area (Å²) in [7, 11) is 0. The third-order valence-corrected chi connectivity index (χ3v) is 2.17. The fourth-order valence-corrected chi connectivity index (χ4v) is 1.46. The van der Waals surface area contributed by atoms with Crippen molar-refractivity contribution < 1.29 is 8.91 Å². The molecule has 1 aromatic carbocycles. The van der Waals surface area contributed by atoms with Gasteiger partial charge in [0, 0.05) is 15.9 Å². The standard InChI is InChI=1S/C9H10ClNOS/c1-6(12)11-9-4-3-7(13-2)5-8(9)10/h3-5H,1-2H3,(H,11,12)/i2D3. The molecule has 13 heavy (non-hydrogen) atoms. The quantitative estimate of drug-likeness (QED) is 0.774. The Morgan fingerprint density at radius 1 is 1.69 bits per heavy atom. The van der Waals surface area contributed by atoms with Crippen LogP contribution in [0, 0.1) is 0 Å². The van der Waals surface area contributed by atoms with Gasteiger partial charge in [0.05, 0.1) is 10.7 Å². The Morgan fingerprint density at radius 3 is 3.00 bits per heavy atom. The van der Waals surface area contributed by atoms with Crippen LogP contribution in [0.2, 0.25) is 5.02 Å². The van der Waals surface area contributed by atoms with Gasteiger partial charge >= 0.3 is 0 Å². The van der Waals surface area contributed by atoms with Gasteiger partial charge in [0.2, 0.25) is 5.91 Å². The topological polar surface area (TPSA) is 29.1 Å². The zero-order valence-corrected chi connectivity index (χ0v) is 8.50. The highest BCUT2D eigenvalue weighted by Gasteiger charge is 2.02. The minimum absolute atomic E-state index is 0.224. The Hall–Kier alpha value is -0.670. The average molecular weight is 219 g/mol. The normalized spacial score (nSPS) is 14.2. The van der Waals surface area contributed by atoms with Gasteiger partial charge in [-0.15, -0.1) is 11.8 Å². The predicted octanol–water partition coefficient (Wildman–Crippen LogP) is 3.02. The molecule has 0 aliphatic rings. The molecule has 0 spiro atoms. The third-order valence-electron chi connectivity index (χ3n) is 1.37. The Bertz CT molecular complexity index is 408. The first kappa shape index (κ1) is 6.74. The van der Waals surface area contributed by atoms with Crippen LogP contribution in [0.1, 0.15) is 11.0 Å². The SMILES string of the molecule is [2H]C([2H])([2H])Sc1ccc(NC(C)=O)c(Cl)c1. The first-order chi connectivity index (χ1) is 7.28. The molecule has 0 atom stereocenters. The van der Waals surface area contributed by atoms with Crippen molar-refractivity contribution in [3.8, 4) is 0 Å². The first-order valence-electron chi connectivity index (χ1n) is 5.04. The van der Waals surface area contributed by atoms with Crippen LogP contribution < -0.4 is 5.32 Å². The van der Waals surface area contributed by atoms with Crippen LogP contribution >= 0.6 is 23.4 Å². The summed E-state index contributed by atoms with van der Waals surface area (Å²) in [4.78, 5) is 11.4. The number of thioether (sulfide) groups is 1. The van der Waals surface area contributed by atoms with Crippen LogP contribution in [0.15, 0.2) is 23.1 Å². The summed E-state index contributed by atoms with van der Waals surface area (Å²) in [5.41, 5.74) is 0.476. The molecule has 2 nitrogen and oxygen atoms in total. The van der Waals surface area contributed by atoms with Crippen molar-refractivity contribution in [1.29, 1.82) is 0 Å². The molecular weight excluding hydrogens is 206 g/mol. The second-order valence-corrected chi connectivity index (χ2v) is 3.51. The van der Waals surface area contributed by atoms with Crippen LogP contribution in [-0.4, -0.2) is 12.1 Å². The first-order valence-corrected chi connectivity index (χ1v) is 4.73. The lowest BCUT2D eigenvalue weighted by atomic mass is 10.3. The summed E-state index contributed by atoms with van der Waals surface area (Å²) in [5, 5.41) is 2.87. The third kappa shape index (κ3) is 2.94. The zero-order valence-electron chi connectivity index (χ0n) is 9.93. The fraction of sp³-hybridized carbons (Fsp3) is 0.222. The Labute approximate surface area is 90.9 Å². The van der Waals surface area contributed by atoms with Gasteiger partial charge in [-0.1, -0.05) is 11.6 Å². The molecule has 1 amide bonds. The molecular formula is C9H10ClNOS. The van der Waals surface area contributed by atoms with Gasteiger partial charge < -0.3 is 5.32 Å². The van der Waals surface area contributed by atoms with E-state index in [9.17, 15) is 4.79 Å². The number of hydrogen-bond donors (Lipinski definition) is 1. The highest BCUT2D eigenvalue weighted by atomic mass is 35.5. The number of carbonyl (C=O) groups excluding carboxylic acids is 1. The second kappa shape index (κ2) is 4.53. The number of hydrogen-bond acceptors (Lipinski definition) is 2. The number of anilines is 1. The molecule has 0 saturated carbocycles. The van der Waals surface area contributed by atoms with Gasteiger partial charge in [0.1, 0.15) is 0 Å². The number of carbonyl (C=O) groups is 1. The summed E-state index contributed by atoms with van der Waals surface area (Å²) in [6.45, 7) is 1.38. The van der Waals surface area contributed by atoms with E-state index in [2.05, 4.69) is 5.32 Å². The van der Waals surface area contributed by atoms with E-state index in [1.165, 1.54) is 13.0 Å². The number of nitrogens with one attached hydrogen (secondary N) is 1. The van der Waals surface area contributed by atoms with E-state index < -0.39 is 6.18 Å². The average Bonchev–Trinajstić information content (AvgIpc) is 2.06. The monoisotopic (exact) mass is 218 g/mol.